The summed E-state index contributed by atoms with van der Waals surface area (Å²) < 4.78 is 24.8. The second-order valence-corrected chi connectivity index (χ2v) is 6.90. The van der Waals surface area contributed by atoms with E-state index in [9.17, 15) is 4.39 Å². The topological polar surface area (TPSA) is 62.2 Å². The van der Waals surface area contributed by atoms with Gasteiger partial charge >= 0.3 is 0 Å². The van der Waals surface area contributed by atoms with Gasteiger partial charge in [-0.05, 0) is 25.1 Å². The number of guanidine groups is 1. The van der Waals surface area contributed by atoms with Gasteiger partial charge in [0.2, 0.25) is 5.88 Å². The molecule has 1 fully saturated rings. The van der Waals surface area contributed by atoms with Crippen molar-refractivity contribution in [2.45, 2.75) is 13.5 Å². The van der Waals surface area contributed by atoms with E-state index in [1.807, 2.05) is 24.3 Å². The minimum absolute atomic E-state index is 0. The van der Waals surface area contributed by atoms with Crippen LogP contribution in [0.15, 0.2) is 47.6 Å². The smallest absolute Gasteiger partial charge is 0.218 e. The number of methoxy groups -OCH3 is 1. The molecule has 0 amide bonds. The molecule has 170 valence electrons. The van der Waals surface area contributed by atoms with Crippen molar-refractivity contribution in [3.05, 3.63) is 54.0 Å². The fourth-order valence-corrected chi connectivity index (χ4v) is 3.35. The minimum atomic E-state index is -0.177. The Kier molecular flexibility index (Phi) is 10.8. The number of hydrogen-bond donors (Lipinski definition) is 1. The predicted octanol–water partition coefficient (Wildman–Crippen LogP) is 3.15. The van der Waals surface area contributed by atoms with Crippen LogP contribution >= 0.6 is 24.0 Å². The highest BCUT2D eigenvalue weighted by Crippen LogP contribution is 2.20. The lowest BCUT2D eigenvalue weighted by atomic mass is 10.2. The summed E-state index contributed by atoms with van der Waals surface area (Å²) in [4.78, 5) is 13.4. The van der Waals surface area contributed by atoms with Crippen molar-refractivity contribution in [1.29, 1.82) is 0 Å². The first kappa shape index (κ1) is 25.1. The van der Waals surface area contributed by atoms with Crippen molar-refractivity contribution < 1.29 is 13.9 Å². The Labute approximate surface area is 200 Å². The van der Waals surface area contributed by atoms with Gasteiger partial charge in [-0.1, -0.05) is 18.2 Å². The standard InChI is InChI=1S/C22H30FN5O2.HI/c1-3-24-22(26-17-18-7-6-10-25-21(18)30-16-15-29-2)28-13-11-27(12-14-28)20-9-5-4-8-19(20)23;/h4-10H,3,11-17H2,1-2H3,(H,24,26);1H. The quantitative estimate of drug-likeness (QED) is 0.239. The highest BCUT2D eigenvalue weighted by molar-refractivity contribution is 14.0. The fourth-order valence-electron chi connectivity index (χ4n) is 3.35. The van der Waals surface area contributed by atoms with E-state index in [4.69, 9.17) is 14.5 Å². The molecule has 1 aliphatic heterocycles. The van der Waals surface area contributed by atoms with Gasteiger partial charge in [0, 0.05) is 51.6 Å². The lowest BCUT2D eigenvalue weighted by molar-refractivity contribution is 0.143. The SMILES string of the molecule is CCNC(=NCc1cccnc1OCCOC)N1CCN(c2ccccc2F)CC1.I. The summed E-state index contributed by atoms with van der Waals surface area (Å²) in [5, 5.41) is 3.36. The molecule has 1 aromatic carbocycles. The van der Waals surface area contributed by atoms with Crippen molar-refractivity contribution >= 4 is 35.6 Å². The highest BCUT2D eigenvalue weighted by Gasteiger charge is 2.21. The van der Waals surface area contributed by atoms with Gasteiger partial charge in [0.25, 0.3) is 0 Å². The molecule has 1 N–H and O–H groups in total. The van der Waals surface area contributed by atoms with Crippen LogP contribution in [-0.2, 0) is 11.3 Å². The van der Waals surface area contributed by atoms with Crippen molar-refractivity contribution in [3.63, 3.8) is 0 Å². The third-order valence-electron chi connectivity index (χ3n) is 4.88. The van der Waals surface area contributed by atoms with Crippen LogP contribution in [0.1, 0.15) is 12.5 Å². The van der Waals surface area contributed by atoms with Crippen LogP contribution in [0.2, 0.25) is 0 Å². The molecule has 2 heterocycles. The summed E-state index contributed by atoms with van der Waals surface area (Å²) in [5.41, 5.74) is 1.58. The zero-order valence-corrected chi connectivity index (χ0v) is 20.4. The van der Waals surface area contributed by atoms with Crippen LogP contribution in [0.5, 0.6) is 5.88 Å². The van der Waals surface area contributed by atoms with Crippen molar-refractivity contribution in [2.75, 3.05) is 57.9 Å². The normalized spacial score (nSPS) is 14.2. The Morgan fingerprint density at radius 1 is 1.13 bits per heavy atom. The van der Waals surface area contributed by atoms with Gasteiger partial charge in [0.1, 0.15) is 12.4 Å². The summed E-state index contributed by atoms with van der Waals surface area (Å²) in [7, 11) is 1.64. The molecule has 1 aromatic heterocycles. The molecule has 0 aliphatic carbocycles. The van der Waals surface area contributed by atoms with Crippen molar-refractivity contribution in [2.24, 2.45) is 4.99 Å². The molecule has 3 rings (SSSR count). The number of ether oxygens (including phenoxy) is 2. The maximum Gasteiger partial charge on any atom is 0.218 e. The molecular weight excluding hydrogens is 512 g/mol. The van der Waals surface area contributed by atoms with Gasteiger partial charge in [-0.25, -0.2) is 14.4 Å². The average Bonchev–Trinajstić information content (AvgIpc) is 2.78. The number of aromatic nitrogens is 1. The Balaban J connectivity index is 0.00000341. The number of piperazine rings is 1. The molecule has 0 radical (unpaired) electrons. The Morgan fingerprint density at radius 2 is 1.90 bits per heavy atom. The van der Waals surface area contributed by atoms with E-state index in [1.165, 1.54) is 6.07 Å². The number of nitrogens with one attached hydrogen (secondary N) is 1. The van der Waals surface area contributed by atoms with E-state index in [1.54, 1.807) is 19.4 Å². The van der Waals surface area contributed by atoms with E-state index in [0.717, 1.165) is 44.2 Å². The van der Waals surface area contributed by atoms with E-state index in [-0.39, 0.29) is 29.8 Å². The molecule has 9 heteroatoms. The number of rotatable bonds is 8. The van der Waals surface area contributed by atoms with E-state index < -0.39 is 0 Å². The first-order chi connectivity index (χ1) is 14.7. The maximum absolute atomic E-state index is 14.1. The monoisotopic (exact) mass is 543 g/mol. The number of benzene rings is 1. The number of nitrogens with zero attached hydrogens (tertiary/aromatic N) is 4. The summed E-state index contributed by atoms with van der Waals surface area (Å²) in [6.45, 7) is 7.26. The Bertz CT molecular complexity index is 831. The third kappa shape index (κ3) is 7.20. The molecule has 0 saturated carbocycles. The molecule has 0 bridgehead atoms. The second kappa shape index (κ2) is 13.3. The highest BCUT2D eigenvalue weighted by atomic mass is 127. The lowest BCUT2D eigenvalue weighted by Gasteiger charge is -2.37. The predicted molar refractivity (Wildman–Crippen MR) is 132 cm³/mol. The molecule has 31 heavy (non-hydrogen) atoms. The van der Waals surface area contributed by atoms with Crippen molar-refractivity contribution in [1.82, 2.24) is 15.2 Å². The van der Waals surface area contributed by atoms with Crippen LogP contribution in [0.25, 0.3) is 0 Å². The number of halogens is 2. The third-order valence-corrected chi connectivity index (χ3v) is 4.88. The van der Waals surface area contributed by atoms with E-state index in [0.29, 0.717) is 31.3 Å². The molecule has 0 spiro atoms. The second-order valence-electron chi connectivity index (χ2n) is 6.90. The number of aliphatic imine (C=N–C) groups is 1. The molecular formula is C22H31FIN5O2. The van der Waals surface area contributed by atoms with Gasteiger partial charge < -0.3 is 24.6 Å². The maximum atomic E-state index is 14.1. The molecule has 0 atom stereocenters. The van der Waals surface area contributed by atoms with Gasteiger partial charge in [0.05, 0.1) is 18.8 Å². The molecule has 2 aromatic rings. The van der Waals surface area contributed by atoms with Crippen LogP contribution in [-0.4, -0.2) is 68.9 Å². The number of anilines is 1. The Hall–Kier alpha value is -2.14. The number of para-hydroxylation sites is 1. The zero-order chi connectivity index (χ0) is 21.2. The number of hydrogen-bond acceptors (Lipinski definition) is 5. The average molecular weight is 543 g/mol. The minimum Gasteiger partial charge on any atom is -0.475 e. The lowest BCUT2D eigenvalue weighted by Crippen LogP contribution is -2.52. The van der Waals surface area contributed by atoms with Gasteiger partial charge in [-0.15, -0.1) is 24.0 Å². The van der Waals surface area contributed by atoms with E-state index >= 15 is 0 Å². The van der Waals surface area contributed by atoms with Gasteiger partial charge in [0.15, 0.2) is 5.96 Å². The van der Waals surface area contributed by atoms with Crippen LogP contribution in [0.4, 0.5) is 10.1 Å². The number of pyridine rings is 1. The fraction of sp³-hybridized carbons (Fsp3) is 0.455. The largest absolute Gasteiger partial charge is 0.475 e. The molecule has 1 saturated heterocycles. The van der Waals surface area contributed by atoms with Crippen LogP contribution in [0, 0.1) is 5.82 Å². The van der Waals surface area contributed by atoms with Crippen molar-refractivity contribution in [3.8, 4) is 5.88 Å². The zero-order valence-electron chi connectivity index (χ0n) is 18.1. The van der Waals surface area contributed by atoms with Crippen LogP contribution < -0.4 is 15.0 Å². The molecule has 7 nitrogen and oxygen atoms in total. The summed E-state index contributed by atoms with van der Waals surface area (Å²) in [6, 6.07) is 10.8. The van der Waals surface area contributed by atoms with Gasteiger partial charge in [-0.2, -0.15) is 0 Å². The first-order valence-corrected chi connectivity index (χ1v) is 10.3. The molecule has 1 aliphatic rings. The summed E-state index contributed by atoms with van der Waals surface area (Å²) in [6.07, 6.45) is 1.71. The molecule has 0 unspecified atom stereocenters. The first-order valence-electron chi connectivity index (χ1n) is 10.3. The van der Waals surface area contributed by atoms with E-state index in [2.05, 4.69) is 27.0 Å². The Morgan fingerprint density at radius 3 is 2.61 bits per heavy atom. The summed E-state index contributed by atoms with van der Waals surface area (Å²) >= 11 is 0. The van der Waals surface area contributed by atoms with Crippen LogP contribution in [0.3, 0.4) is 0 Å². The van der Waals surface area contributed by atoms with Gasteiger partial charge in [-0.3, -0.25) is 0 Å². The summed E-state index contributed by atoms with van der Waals surface area (Å²) in [5.74, 6) is 1.25.